The van der Waals surface area contributed by atoms with Crippen LogP contribution in [0.5, 0.6) is 0 Å². The van der Waals surface area contributed by atoms with E-state index in [0.29, 0.717) is 18.3 Å². The van der Waals surface area contributed by atoms with Crippen LogP contribution in [0, 0.1) is 11.3 Å². The van der Waals surface area contributed by atoms with Crippen molar-refractivity contribution in [3.8, 4) is 6.07 Å². The molecule has 1 N–H and O–H groups in total. The van der Waals surface area contributed by atoms with Gasteiger partial charge in [-0.2, -0.15) is 10.4 Å². The number of aromatic nitrogens is 3. The molecule has 1 unspecified atom stereocenters. The van der Waals surface area contributed by atoms with Crippen LogP contribution >= 0.6 is 0 Å². The number of ether oxygens (including phenoxy) is 1. The maximum atomic E-state index is 8.51. The highest BCUT2D eigenvalue weighted by atomic mass is 16.5. The van der Waals surface area contributed by atoms with Gasteiger partial charge in [0.05, 0.1) is 12.5 Å². The van der Waals surface area contributed by atoms with E-state index < -0.39 is 0 Å². The van der Waals surface area contributed by atoms with Gasteiger partial charge in [0, 0.05) is 6.61 Å². The molecule has 15 heavy (non-hydrogen) atoms. The van der Waals surface area contributed by atoms with Crippen LogP contribution in [0.1, 0.15) is 44.4 Å². The lowest BCUT2D eigenvalue weighted by Crippen LogP contribution is -2.06. The molecule has 1 aromatic heterocycles. The molecule has 0 aliphatic rings. The summed E-state index contributed by atoms with van der Waals surface area (Å²) in [4.78, 5) is 4.22. The van der Waals surface area contributed by atoms with Crippen LogP contribution in [-0.2, 0) is 11.2 Å². The topological polar surface area (TPSA) is 74.6 Å². The highest BCUT2D eigenvalue weighted by Crippen LogP contribution is 2.18. The molecular weight excluding hydrogens is 192 g/mol. The van der Waals surface area contributed by atoms with Crippen LogP contribution in [0.2, 0.25) is 0 Å². The van der Waals surface area contributed by atoms with Crippen molar-refractivity contribution in [3.05, 3.63) is 11.6 Å². The summed E-state index contributed by atoms with van der Waals surface area (Å²) >= 11 is 0. The van der Waals surface area contributed by atoms with E-state index in [4.69, 9.17) is 10.00 Å². The van der Waals surface area contributed by atoms with Gasteiger partial charge >= 0.3 is 0 Å². The molecular formula is C10H16N4O. The summed E-state index contributed by atoms with van der Waals surface area (Å²) in [7, 11) is 0. The van der Waals surface area contributed by atoms with Gasteiger partial charge in [-0.3, -0.25) is 5.10 Å². The Morgan fingerprint density at radius 3 is 2.93 bits per heavy atom. The Morgan fingerprint density at radius 1 is 1.53 bits per heavy atom. The number of nitriles is 1. The summed E-state index contributed by atoms with van der Waals surface area (Å²) in [5.74, 6) is 1.26. The molecule has 1 aromatic rings. The molecule has 0 fully saturated rings. The number of hydrogen-bond acceptors (Lipinski definition) is 4. The zero-order chi connectivity index (χ0) is 11.1. The molecule has 5 nitrogen and oxygen atoms in total. The molecule has 0 aliphatic carbocycles. The molecule has 0 aliphatic heterocycles. The Labute approximate surface area is 89.5 Å². The highest BCUT2D eigenvalue weighted by molar-refractivity contribution is 4.99. The summed E-state index contributed by atoms with van der Waals surface area (Å²) in [6.45, 7) is 4.69. The Hall–Kier alpha value is -1.41. The summed E-state index contributed by atoms with van der Waals surface area (Å²) < 4.78 is 5.53. The van der Waals surface area contributed by atoms with Crippen LogP contribution in [0.3, 0.4) is 0 Å². The number of aromatic amines is 1. The van der Waals surface area contributed by atoms with Crippen molar-refractivity contribution in [1.29, 1.82) is 5.26 Å². The lowest BCUT2D eigenvalue weighted by Gasteiger charge is -2.11. The summed E-state index contributed by atoms with van der Waals surface area (Å²) in [5.41, 5.74) is 0. The molecule has 5 heteroatoms. The molecule has 0 radical (unpaired) electrons. The zero-order valence-corrected chi connectivity index (χ0v) is 9.16. The summed E-state index contributed by atoms with van der Waals surface area (Å²) in [6, 6.07) is 2.03. The average molecular weight is 208 g/mol. The van der Waals surface area contributed by atoms with E-state index in [1.165, 1.54) is 0 Å². The first-order chi connectivity index (χ1) is 7.31. The predicted molar refractivity (Wildman–Crippen MR) is 55.0 cm³/mol. The van der Waals surface area contributed by atoms with Gasteiger partial charge in [0.25, 0.3) is 0 Å². The minimum absolute atomic E-state index is 0.0521. The van der Waals surface area contributed by atoms with E-state index in [9.17, 15) is 0 Å². The second-order valence-electron chi connectivity index (χ2n) is 3.21. The lowest BCUT2D eigenvalue weighted by molar-refractivity contribution is 0.0496. The van der Waals surface area contributed by atoms with E-state index in [2.05, 4.69) is 22.1 Å². The van der Waals surface area contributed by atoms with Gasteiger partial charge in [0.15, 0.2) is 5.82 Å². The van der Waals surface area contributed by atoms with Gasteiger partial charge in [-0.05, 0) is 13.3 Å². The number of H-pyrrole nitrogens is 1. The first-order valence-electron chi connectivity index (χ1n) is 5.21. The van der Waals surface area contributed by atoms with E-state index in [1.807, 2.05) is 13.0 Å². The molecule has 0 aromatic carbocycles. The monoisotopic (exact) mass is 208 g/mol. The van der Waals surface area contributed by atoms with Gasteiger partial charge in [-0.15, -0.1) is 0 Å². The number of hydrogen-bond donors (Lipinski definition) is 1. The zero-order valence-electron chi connectivity index (χ0n) is 9.16. The van der Waals surface area contributed by atoms with Crippen LogP contribution in [0.4, 0.5) is 0 Å². The first kappa shape index (κ1) is 11.7. The summed E-state index contributed by atoms with van der Waals surface area (Å²) in [6.07, 6.45) is 2.13. The second kappa shape index (κ2) is 6.14. The summed E-state index contributed by atoms with van der Waals surface area (Å²) in [5, 5.41) is 15.3. The van der Waals surface area contributed by atoms with Crippen molar-refractivity contribution < 1.29 is 4.74 Å². The van der Waals surface area contributed by atoms with Gasteiger partial charge in [0.1, 0.15) is 11.9 Å². The number of nitrogens with zero attached hydrogens (tertiary/aromatic N) is 3. The van der Waals surface area contributed by atoms with Gasteiger partial charge in [-0.25, -0.2) is 4.98 Å². The van der Waals surface area contributed by atoms with Gasteiger partial charge in [0.2, 0.25) is 0 Å². The minimum Gasteiger partial charge on any atom is -0.370 e. The van der Waals surface area contributed by atoms with Gasteiger partial charge in [-0.1, -0.05) is 13.3 Å². The Morgan fingerprint density at radius 2 is 2.33 bits per heavy atom. The standard InChI is InChI=1S/C10H16N4O/c1-3-5-8(15-4-2)10-12-9(6-7-11)13-14-10/h8H,3-6H2,1-2H3,(H,12,13,14). The number of rotatable bonds is 6. The Bertz CT molecular complexity index is 322. The third-order valence-corrected chi connectivity index (χ3v) is 2.00. The maximum Gasteiger partial charge on any atom is 0.179 e. The first-order valence-corrected chi connectivity index (χ1v) is 5.21. The SMILES string of the molecule is CCCC(OCC)c1n[nH]c(CC#N)n1. The van der Waals surface area contributed by atoms with Crippen molar-refractivity contribution in [1.82, 2.24) is 15.2 Å². The fraction of sp³-hybridized carbons (Fsp3) is 0.700. The van der Waals surface area contributed by atoms with E-state index >= 15 is 0 Å². The van der Waals surface area contributed by atoms with Crippen LogP contribution in [-0.4, -0.2) is 21.8 Å². The number of nitrogens with one attached hydrogen (secondary N) is 1. The molecule has 1 rings (SSSR count). The molecule has 82 valence electrons. The van der Waals surface area contributed by atoms with Crippen molar-refractivity contribution in [3.63, 3.8) is 0 Å². The molecule has 1 heterocycles. The minimum atomic E-state index is -0.0521. The Kier molecular flexibility index (Phi) is 4.78. The maximum absolute atomic E-state index is 8.51. The molecule has 1 atom stereocenters. The molecule has 0 saturated carbocycles. The average Bonchev–Trinajstić information content (AvgIpc) is 2.67. The van der Waals surface area contributed by atoms with Crippen molar-refractivity contribution in [2.24, 2.45) is 0 Å². The van der Waals surface area contributed by atoms with Crippen LogP contribution in [0.15, 0.2) is 0 Å². The third-order valence-electron chi connectivity index (χ3n) is 2.00. The van der Waals surface area contributed by atoms with Crippen LogP contribution in [0.25, 0.3) is 0 Å². The van der Waals surface area contributed by atoms with Crippen molar-refractivity contribution >= 4 is 0 Å². The third kappa shape index (κ3) is 3.33. The smallest absolute Gasteiger partial charge is 0.179 e. The fourth-order valence-electron chi connectivity index (χ4n) is 1.36. The largest absolute Gasteiger partial charge is 0.370 e. The quantitative estimate of drug-likeness (QED) is 0.772. The molecule has 0 bridgehead atoms. The normalized spacial score (nSPS) is 12.3. The fourth-order valence-corrected chi connectivity index (χ4v) is 1.36. The van der Waals surface area contributed by atoms with E-state index in [0.717, 1.165) is 12.8 Å². The lowest BCUT2D eigenvalue weighted by atomic mass is 10.2. The molecule has 0 amide bonds. The van der Waals surface area contributed by atoms with E-state index in [-0.39, 0.29) is 12.5 Å². The highest BCUT2D eigenvalue weighted by Gasteiger charge is 2.15. The second-order valence-corrected chi connectivity index (χ2v) is 3.21. The van der Waals surface area contributed by atoms with Crippen LogP contribution < -0.4 is 0 Å². The molecule has 0 saturated heterocycles. The van der Waals surface area contributed by atoms with E-state index in [1.54, 1.807) is 0 Å². The predicted octanol–water partition coefficient (Wildman–Crippen LogP) is 1.75. The molecule has 0 spiro atoms. The van der Waals surface area contributed by atoms with Gasteiger partial charge < -0.3 is 4.74 Å². The van der Waals surface area contributed by atoms with Crippen molar-refractivity contribution in [2.75, 3.05) is 6.61 Å². The Balaban J connectivity index is 2.68. The van der Waals surface area contributed by atoms with Crippen molar-refractivity contribution in [2.45, 2.75) is 39.2 Å².